The standard InChI is InChI=1S/C13H16N4O/c1-10(8-14)16-13(18)11-4-5-12(15-9-11)17-6-2-3-7-17/h4-5,9-10H,2-3,6-7H2,1H3,(H,16,18)/t10-/m0/s1. The highest BCUT2D eigenvalue weighted by Gasteiger charge is 2.14. The lowest BCUT2D eigenvalue weighted by Crippen LogP contribution is -2.31. The predicted molar refractivity (Wildman–Crippen MR) is 68.2 cm³/mol. The Bertz CT molecular complexity index is 457. The van der Waals surface area contributed by atoms with Crippen LogP contribution in [-0.2, 0) is 0 Å². The number of amides is 1. The quantitative estimate of drug-likeness (QED) is 0.870. The summed E-state index contributed by atoms with van der Waals surface area (Å²) >= 11 is 0. The van der Waals surface area contributed by atoms with Crippen LogP contribution in [0, 0.1) is 11.3 Å². The van der Waals surface area contributed by atoms with Crippen molar-refractivity contribution >= 4 is 11.7 Å². The smallest absolute Gasteiger partial charge is 0.253 e. The Labute approximate surface area is 106 Å². The molecule has 0 bridgehead atoms. The Kier molecular flexibility index (Phi) is 3.78. The SMILES string of the molecule is C[C@@H](C#N)NC(=O)c1ccc(N2CCCC2)nc1. The maximum Gasteiger partial charge on any atom is 0.253 e. The van der Waals surface area contributed by atoms with Gasteiger partial charge < -0.3 is 10.2 Å². The van der Waals surface area contributed by atoms with Gasteiger partial charge >= 0.3 is 0 Å². The second-order valence-electron chi connectivity index (χ2n) is 4.42. The van der Waals surface area contributed by atoms with Crippen LogP contribution in [0.3, 0.4) is 0 Å². The fourth-order valence-corrected chi connectivity index (χ4v) is 1.97. The predicted octanol–water partition coefficient (Wildman–Crippen LogP) is 1.32. The molecule has 18 heavy (non-hydrogen) atoms. The van der Waals surface area contributed by atoms with Crippen molar-refractivity contribution in [1.82, 2.24) is 10.3 Å². The summed E-state index contributed by atoms with van der Waals surface area (Å²) in [6, 6.07) is 5.08. The van der Waals surface area contributed by atoms with Gasteiger partial charge in [-0.25, -0.2) is 4.98 Å². The molecule has 1 aromatic heterocycles. The van der Waals surface area contributed by atoms with Crippen LogP contribution < -0.4 is 10.2 Å². The second-order valence-corrected chi connectivity index (χ2v) is 4.42. The fraction of sp³-hybridized carbons (Fsp3) is 0.462. The topological polar surface area (TPSA) is 69.0 Å². The third kappa shape index (κ3) is 2.77. The van der Waals surface area contributed by atoms with E-state index in [-0.39, 0.29) is 5.91 Å². The summed E-state index contributed by atoms with van der Waals surface area (Å²) in [5.74, 6) is 0.655. The average Bonchev–Trinajstić information content (AvgIpc) is 2.92. The van der Waals surface area contributed by atoms with Gasteiger partial charge in [0.2, 0.25) is 0 Å². The van der Waals surface area contributed by atoms with Gasteiger partial charge in [0, 0.05) is 19.3 Å². The minimum atomic E-state index is -0.490. The van der Waals surface area contributed by atoms with E-state index in [1.54, 1.807) is 19.2 Å². The first-order chi connectivity index (χ1) is 8.70. The largest absolute Gasteiger partial charge is 0.357 e. The van der Waals surface area contributed by atoms with Crippen LogP contribution in [0.5, 0.6) is 0 Å². The molecule has 1 aliphatic heterocycles. The Hall–Kier alpha value is -2.09. The molecule has 1 atom stereocenters. The van der Waals surface area contributed by atoms with Gasteiger partial charge in [0.05, 0.1) is 11.6 Å². The molecule has 2 rings (SSSR count). The van der Waals surface area contributed by atoms with E-state index in [1.165, 1.54) is 12.8 Å². The Morgan fingerprint density at radius 3 is 2.78 bits per heavy atom. The molecule has 0 unspecified atom stereocenters. The van der Waals surface area contributed by atoms with Gasteiger partial charge in [-0.2, -0.15) is 5.26 Å². The lowest BCUT2D eigenvalue weighted by atomic mass is 10.2. The maximum atomic E-state index is 11.7. The normalized spacial score (nSPS) is 16.1. The Morgan fingerprint density at radius 2 is 2.22 bits per heavy atom. The zero-order chi connectivity index (χ0) is 13.0. The first kappa shape index (κ1) is 12.4. The summed E-state index contributed by atoms with van der Waals surface area (Å²) in [6.45, 7) is 3.71. The van der Waals surface area contributed by atoms with Crippen molar-refractivity contribution in [3.05, 3.63) is 23.9 Å². The monoisotopic (exact) mass is 244 g/mol. The molecule has 1 aliphatic rings. The number of nitrogens with zero attached hydrogens (tertiary/aromatic N) is 3. The van der Waals surface area contributed by atoms with Crippen LogP contribution in [0.4, 0.5) is 5.82 Å². The van der Waals surface area contributed by atoms with E-state index in [2.05, 4.69) is 15.2 Å². The Balaban J connectivity index is 2.03. The van der Waals surface area contributed by atoms with E-state index in [0.29, 0.717) is 5.56 Å². The summed E-state index contributed by atoms with van der Waals surface area (Å²) < 4.78 is 0. The summed E-state index contributed by atoms with van der Waals surface area (Å²) in [5.41, 5.74) is 0.486. The number of hydrogen-bond donors (Lipinski definition) is 1. The molecule has 5 heteroatoms. The number of carbonyl (C=O) groups excluding carboxylic acids is 1. The molecule has 1 N–H and O–H groups in total. The van der Waals surface area contributed by atoms with Crippen molar-refractivity contribution < 1.29 is 4.79 Å². The van der Waals surface area contributed by atoms with Gasteiger partial charge in [0.15, 0.2) is 0 Å². The molecule has 94 valence electrons. The van der Waals surface area contributed by atoms with Gasteiger partial charge in [-0.1, -0.05) is 0 Å². The molecule has 0 aliphatic carbocycles. The van der Waals surface area contributed by atoms with E-state index < -0.39 is 6.04 Å². The van der Waals surface area contributed by atoms with E-state index in [1.807, 2.05) is 12.1 Å². The number of pyridine rings is 1. The highest BCUT2D eigenvalue weighted by molar-refractivity contribution is 5.94. The summed E-state index contributed by atoms with van der Waals surface area (Å²) in [7, 11) is 0. The molecule has 0 radical (unpaired) electrons. The van der Waals surface area contributed by atoms with Crippen molar-refractivity contribution in [1.29, 1.82) is 5.26 Å². The molecule has 1 fully saturated rings. The van der Waals surface area contributed by atoms with Crippen LogP contribution in [0.25, 0.3) is 0 Å². The molecule has 1 saturated heterocycles. The van der Waals surface area contributed by atoms with Crippen molar-refractivity contribution in [2.75, 3.05) is 18.0 Å². The lowest BCUT2D eigenvalue weighted by molar-refractivity contribution is 0.0947. The van der Waals surface area contributed by atoms with Crippen LogP contribution >= 0.6 is 0 Å². The van der Waals surface area contributed by atoms with Crippen molar-refractivity contribution in [2.45, 2.75) is 25.8 Å². The van der Waals surface area contributed by atoms with E-state index in [4.69, 9.17) is 5.26 Å². The number of rotatable bonds is 3. The van der Waals surface area contributed by atoms with Gasteiger partial charge in [-0.3, -0.25) is 4.79 Å². The van der Waals surface area contributed by atoms with Crippen LogP contribution in [0.1, 0.15) is 30.1 Å². The third-order valence-corrected chi connectivity index (χ3v) is 2.98. The number of aromatic nitrogens is 1. The van der Waals surface area contributed by atoms with Crippen LogP contribution in [0.15, 0.2) is 18.3 Å². The fourth-order valence-electron chi connectivity index (χ4n) is 1.97. The first-order valence-corrected chi connectivity index (χ1v) is 6.12. The van der Waals surface area contributed by atoms with Gasteiger partial charge in [-0.05, 0) is 31.9 Å². The molecule has 2 heterocycles. The molecule has 5 nitrogen and oxygen atoms in total. The van der Waals surface area contributed by atoms with Crippen LogP contribution in [-0.4, -0.2) is 30.0 Å². The number of nitrogens with one attached hydrogen (secondary N) is 1. The number of carbonyl (C=O) groups is 1. The molecule has 0 spiro atoms. The summed E-state index contributed by atoms with van der Waals surface area (Å²) in [4.78, 5) is 18.2. The van der Waals surface area contributed by atoms with E-state index in [9.17, 15) is 4.79 Å². The summed E-state index contributed by atoms with van der Waals surface area (Å²) in [5, 5.41) is 11.2. The molecular formula is C13H16N4O. The third-order valence-electron chi connectivity index (χ3n) is 2.98. The highest BCUT2D eigenvalue weighted by atomic mass is 16.1. The molecule has 1 aromatic rings. The van der Waals surface area contributed by atoms with Crippen molar-refractivity contribution in [2.24, 2.45) is 0 Å². The van der Waals surface area contributed by atoms with Gasteiger partial charge in [0.25, 0.3) is 5.91 Å². The van der Waals surface area contributed by atoms with E-state index >= 15 is 0 Å². The maximum absolute atomic E-state index is 11.7. The van der Waals surface area contributed by atoms with Crippen LogP contribution in [0.2, 0.25) is 0 Å². The van der Waals surface area contributed by atoms with Crippen molar-refractivity contribution in [3.8, 4) is 6.07 Å². The summed E-state index contributed by atoms with van der Waals surface area (Å²) in [6.07, 6.45) is 3.96. The van der Waals surface area contributed by atoms with Crippen molar-refractivity contribution in [3.63, 3.8) is 0 Å². The lowest BCUT2D eigenvalue weighted by Gasteiger charge is -2.16. The molecule has 0 aromatic carbocycles. The zero-order valence-electron chi connectivity index (χ0n) is 10.4. The average molecular weight is 244 g/mol. The van der Waals surface area contributed by atoms with Gasteiger partial charge in [-0.15, -0.1) is 0 Å². The highest BCUT2D eigenvalue weighted by Crippen LogP contribution is 2.17. The first-order valence-electron chi connectivity index (χ1n) is 6.12. The molecule has 1 amide bonds. The minimum Gasteiger partial charge on any atom is -0.357 e. The minimum absolute atomic E-state index is 0.260. The Morgan fingerprint density at radius 1 is 1.50 bits per heavy atom. The number of anilines is 1. The van der Waals surface area contributed by atoms with E-state index in [0.717, 1.165) is 18.9 Å². The molecule has 0 saturated carbocycles. The van der Waals surface area contributed by atoms with Gasteiger partial charge in [0.1, 0.15) is 11.9 Å². The number of nitriles is 1. The number of hydrogen-bond acceptors (Lipinski definition) is 4. The second kappa shape index (κ2) is 5.50. The molecular weight excluding hydrogens is 228 g/mol. The zero-order valence-corrected chi connectivity index (χ0v) is 10.4.